The smallest absolute Gasteiger partial charge is 0.218 e. The van der Waals surface area contributed by atoms with E-state index in [9.17, 15) is 4.39 Å². The zero-order valence-electron chi connectivity index (χ0n) is 8.87. The van der Waals surface area contributed by atoms with Crippen molar-refractivity contribution in [3.63, 3.8) is 0 Å². The lowest BCUT2D eigenvalue weighted by Crippen LogP contribution is -2.31. The molecule has 0 aliphatic heterocycles. The van der Waals surface area contributed by atoms with Crippen LogP contribution in [0.15, 0.2) is 12.4 Å². The zero-order chi connectivity index (χ0) is 10.6. The van der Waals surface area contributed by atoms with Crippen molar-refractivity contribution in [2.75, 3.05) is 11.9 Å². The van der Waals surface area contributed by atoms with Crippen LogP contribution >= 0.6 is 0 Å². The van der Waals surface area contributed by atoms with E-state index in [1.165, 1.54) is 12.4 Å². The number of hydrogen-bond acceptors (Lipinski definition) is 3. The first-order chi connectivity index (χ1) is 6.69. The van der Waals surface area contributed by atoms with E-state index in [1.54, 1.807) is 0 Å². The number of aromatic nitrogens is 2. The fourth-order valence-corrected chi connectivity index (χ4v) is 1.54. The largest absolute Gasteiger partial charge is 0.357 e. The molecule has 0 radical (unpaired) electrons. The van der Waals surface area contributed by atoms with Crippen LogP contribution in [-0.4, -0.2) is 23.1 Å². The van der Waals surface area contributed by atoms with Gasteiger partial charge >= 0.3 is 0 Å². The van der Waals surface area contributed by atoms with E-state index in [1.807, 2.05) is 11.9 Å². The molecule has 78 valence electrons. The van der Waals surface area contributed by atoms with Crippen molar-refractivity contribution in [2.24, 2.45) is 0 Å². The fraction of sp³-hybridized carbons (Fsp3) is 0.600. The van der Waals surface area contributed by atoms with E-state index in [2.05, 4.69) is 23.8 Å². The molecule has 0 saturated carbocycles. The van der Waals surface area contributed by atoms with E-state index < -0.39 is 5.95 Å². The predicted molar refractivity (Wildman–Crippen MR) is 54.8 cm³/mol. The topological polar surface area (TPSA) is 29.0 Å². The number of rotatable bonds is 4. The van der Waals surface area contributed by atoms with Crippen molar-refractivity contribution in [3.05, 3.63) is 18.3 Å². The molecule has 0 fully saturated rings. The summed E-state index contributed by atoms with van der Waals surface area (Å²) in [7, 11) is 1.93. The van der Waals surface area contributed by atoms with Crippen LogP contribution in [0, 0.1) is 5.95 Å². The highest BCUT2D eigenvalue weighted by molar-refractivity contribution is 5.36. The third kappa shape index (κ3) is 2.40. The Labute approximate surface area is 84.0 Å². The summed E-state index contributed by atoms with van der Waals surface area (Å²) in [6.07, 6.45) is 3.31. The third-order valence-corrected chi connectivity index (χ3v) is 2.47. The van der Waals surface area contributed by atoms with Gasteiger partial charge in [0.1, 0.15) is 12.1 Å². The molecular formula is C10H16FN3. The van der Waals surface area contributed by atoms with E-state index in [0.29, 0.717) is 11.9 Å². The van der Waals surface area contributed by atoms with Gasteiger partial charge < -0.3 is 4.90 Å². The van der Waals surface area contributed by atoms with E-state index in [4.69, 9.17) is 0 Å². The van der Waals surface area contributed by atoms with Gasteiger partial charge in [0.05, 0.1) is 0 Å². The summed E-state index contributed by atoms with van der Waals surface area (Å²) in [6.45, 7) is 4.23. The lowest BCUT2D eigenvalue weighted by atomic mass is 10.1. The van der Waals surface area contributed by atoms with Crippen molar-refractivity contribution < 1.29 is 4.39 Å². The van der Waals surface area contributed by atoms with Crippen LogP contribution in [0.4, 0.5) is 10.2 Å². The molecule has 0 amide bonds. The summed E-state index contributed by atoms with van der Waals surface area (Å²) in [5, 5.41) is 0. The van der Waals surface area contributed by atoms with Crippen molar-refractivity contribution in [2.45, 2.75) is 32.7 Å². The minimum atomic E-state index is -0.479. The lowest BCUT2D eigenvalue weighted by Gasteiger charge is -2.26. The molecule has 0 spiro atoms. The molecule has 0 atom stereocenters. The third-order valence-electron chi connectivity index (χ3n) is 2.47. The lowest BCUT2D eigenvalue weighted by molar-refractivity contribution is 0.563. The van der Waals surface area contributed by atoms with Crippen molar-refractivity contribution >= 4 is 5.82 Å². The molecule has 1 aromatic heterocycles. The Hall–Kier alpha value is -1.19. The van der Waals surface area contributed by atoms with Crippen LogP contribution in [-0.2, 0) is 0 Å². The first kappa shape index (κ1) is 10.9. The molecule has 14 heavy (non-hydrogen) atoms. The monoisotopic (exact) mass is 197 g/mol. The van der Waals surface area contributed by atoms with Gasteiger partial charge in [0, 0.05) is 19.2 Å². The van der Waals surface area contributed by atoms with Gasteiger partial charge in [0.2, 0.25) is 5.95 Å². The minimum absolute atomic E-state index is 0.407. The van der Waals surface area contributed by atoms with Crippen LogP contribution < -0.4 is 4.90 Å². The highest BCUT2D eigenvalue weighted by atomic mass is 19.1. The molecule has 3 nitrogen and oxygen atoms in total. The van der Waals surface area contributed by atoms with Gasteiger partial charge in [-0.1, -0.05) is 13.8 Å². The molecule has 1 heterocycles. The Balaban J connectivity index is 2.82. The normalized spacial score (nSPS) is 10.6. The molecule has 0 N–H and O–H groups in total. The molecular weight excluding hydrogens is 181 g/mol. The average molecular weight is 197 g/mol. The maximum absolute atomic E-state index is 12.8. The SMILES string of the molecule is CCC(CC)N(C)c1cc(F)ncn1. The van der Waals surface area contributed by atoms with Gasteiger partial charge in [-0.25, -0.2) is 9.97 Å². The molecule has 1 aromatic rings. The maximum Gasteiger partial charge on any atom is 0.218 e. The van der Waals surface area contributed by atoms with E-state index >= 15 is 0 Å². The molecule has 0 aromatic carbocycles. The Morgan fingerprint density at radius 3 is 2.50 bits per heavy atom. The Kier molecular flexibility index (Phi) is 3.80. The second-order valence-corrected chi connectivity index (χ2v) is 3.28. The van der Waals surface area contributed by atoms with Crippen molar-refractivity contribution in [1.82, 2.24) is 9.97 Å². The second kappa shape index (κ2) is 4.88. The van der Waals surface area contributed by atoms with E-state index in [-0.39, 0.29) is 0 Å². The zero-order valence-corrected chi connectivity index (χ0v) is 8.87. The number of nitrogens with zero attached hydrogens (tertiary/aromatic N) is 3. The molecule has 0 aliphatic rings. The van der Waals surface area contributed by atoms with Crippen LogP contribution in [0.2, 0.25) is 0 Å². The van der Waals surface area contributed by atoms with Gasteiger partial charge in [0.25, 0.3) is 0 Å². The molecule has 1 rings (SSSR count). The molecule has 0 bridgehead atoms. The van der Waals surface area contributed by atoms with Gasteiger partial charge in [0.15, 0.2) is 0 Å². The van der Waals surface area contributed by atoms with E-state index in [0.717, 1.165) is 12.8 Å². The second-order valence-electron chi connectivity index (χ2n) is 3.28. The van der Waals surface area contributed by atoms with Crippen LogP contribution in [0.1, 0.15) is 26.7 Å². The minimum Gasteiger partial charge on any atom is -0.357 e. The highest BCUT2D eigenvalue weighted by Gasteiger charge is 2.12. The van der Waals surface area contributed by atoms with Gasteiger partial charge in [-0.3, -0.25) is 0 Å². The van der Waals surface area contributed by atoms with Gasteiger partial charge in [-0.05, 0) is 12.8 Å². The first-order valence-electron chi connectivity index (χ1n) is 4.89. The Morgan fingerprint density at radius 1 is 1.36 bits per heavy atom. The number of halogens is 1. The van der Waals surface area contributed by atoms with Gasteiger partial charge in [-0.2, -0.15) is 4.39 Å². The highest BCUT2D eigenvalue weighted by Crippen LogP contribution is 2.15. The standard InChI is InChI=1S/C10H16FN3/c1-4-8(5-2)14(3)10-6-9(11)12-7-13-10/h6-8H,4-5H2,1-3H3. The molecule has 0 saturated heterocycles. The summed E-state index contributed by atoms with van der Waals surface area (Å²) in [6, 6.07) is 1.77. The Morgan fingerprint density at radius 2 is 2.00 bits per heavy atom. The van der Waals surface area contributed by atoms with Crippen LogP contribution in [0.5, 0.6) is 0 Å². The predicted octanol–water partition coefficient (Wildman–Crippen LogP) is 2.24. The molecule has 0 unspecified atom stereocenters. The molecule has 4 heteroatoms. The summed E-state index contributed by atoms with van der Waals surface area (Å²) in [5.41, 5.74) is 0. The van der Waals surface area contributed by atoms with Crippen LogP contribution in [0.25, 0.3) is 0 Å². The summed E-state index contributed by atoms with van der Waals surface area (Å²) >= 11 is 0. The quantitative estimate of drug-likeness (QED) is 0.693. The average Bonchev–Trinajstić information content (AvgIpc) is 2.19. The summed E-state index contributed by atoms with van der Waals surface area (Å²) in [5.74, 6) is 0.166. The molecule has 0 aliphatic carbocycles. The maximum atomic E-state index is 12.8. The Bertz CT molecular complexity index is 286. The summed E-state index contributed by atoms with van der Waals surface area (Å²) < 4.78 is 12.8. The number of anilines is 1. The van der Waals surface area contributed by atoms with Gasteiger partial charge in [-0.15, -0.1) is 0 Å². The summed E-state index contributed by atoms with van der Waals surface area (Å²) in [4.78, 5) is 9.45. The number of hydrogen-bond donors (Lipinski definition) is 0. The fourth-order valence-electron chi connectivity index (χ4n) is 1.54. The first-order valence-corrected chi connectivity index (χ1v) is 4.89. The van der Waals surface area contributed by atoms with Crippen molar-refractivity contribution in [1.29, 1.82) is 0 Å². The van der Waals surface area contributed by atoms with Crippen molar-refractivity contribution in [3.8, 4) is 0 Å². The van der Waals surface area contributed by atoms with Crippen LogP contribution in [0.3, 0.4) is 0 Å².